The van der Waals surface area contributed by atoms with Gasteiger partial charge in [0.1, 0.15) is 0 Å². The summed E-state index contributed by atoms with van der Waals surface area (Å²) in [4.78, 5) is 30.4. The number of rotatable bonds is 3. The molecule has 2 aromatic rings. The molecule has 0 saturated carbocycles. The van der Waals surface area contributed by atoms with Crippen LogP contribution >= 0.6 is 23.4 Å². The maximum atomic E-state index is 12.6. The summed E-state index contributed by atoms with van der Waals surface area (Å²) in [5.74, 6) is 0.739. The lowest BCUT2D eigenvalue weighted by Crippen LogP contribution is -2.27. The number of imide groups is 1. The third kappa shape index (κ3) is 3.08. The van der Waals surface area contributed by atoms with Crippen LogP contribution in [0.5, 0.6) is 11.5 Å². The van der Waals surface area contributed by atoms with Crippen LogP contribution < -0.4 is 9.47 Å². The highest BCUT2D eigenvalue weighted by Crippen LogP contribution is 2.39. The Labute approximate surface area is 152 Å². The topological polar surface area (TPSA) is 68.7 Å². The molecule has 1 saturated heterocycles. The van der Waals surface area contributed by atoms with Gasteiger partial charge in [0, 0.05) is 17.3 Å². The summed E-state index contributed by atoms with van der Waals surface area (Å²) in [6.07, 6.45) is 3.23. The fraction of sp³-hybridized carbons (Fsp3) is 0.118. The van der Waals surface area contributed by atoms with Crippen molar-refractivity contribution in [1.82, 2.24) is 9.88 Å². The fourth-order valence-electron chi connectivity index (χ4n) is 2.48. The lowest BCUT2D eigenvalue weighted by molar-refractivity contribution is -0.123. The van der Waals surface area contributed by atoms with Crippen LogP contribution in [0.1, 0.15) is 11.3 Å². The number of fused-ring (bicyclic) bond motifs is 1. The zero-order valence-electron chi connectivity index (χ0n) is 12.8. The first-order valence-corrected chi connectivity index (χ1v) is 8.56. The number of hydrogen-bond acceptors (Lipinski definition) is 6. The highest BCUT2D eigenvalue weighted by Gasteiger charge is 2.35. The van der Waals surface area contributed by atoms with Crippen LogP contribution in [0, 0.1) is 0 Å². The molecule has 0 unspecified atom stereocenters. The Morgan fingerprint density at radius 2 is 2.04 bits per heavy atom. The lowest BCUT2D eigenvalue weighted by Gasteiger charge is -2.14. The van der Waals surface area contributed by atoms with Crippen molar-refractivity contribution >= 4 is 40.6 Å². The van der Waals surface area contributed by atoms with Crippen molar-refractivity contribution in [3.05, 3.63) is 57.7 Å². The van der Waals surface area contributed by atoms with Gasteiger partial charge >= 0.3 is 0 Å². The van der Waals surface area contributed by atoms with E-state index < -0.39 is 0 Å². The molecule has 1 fully saturated rings. The second-order valence-corrected chi connectivity index (χ2v) is 6.72. The molecule has 3 heterocycles. The maximum absolute atomic E-state index is 12.6. The normalized spacial score (nSPS) is 17.6. The summed E-state index contributed by atoms with van der Waals surface area (Å²) in [5, 5.41) is 0.0675. The first-order valence-electron chi connectivity index (χ1n) is 7.36. The number of ether oxygens (including phenoxy) is 2. The van der Waals surface area contributed by atoms with E-state index in [1.54, 1.807) is 36.5 Å². The van der Waals surface area contributed by atoms with Crippen LogP contribution in [-0.2, 0) is 11.3 Å². The Kier molecular flexibility index (Phi) is 4.10. The summed E-state index contributed by atoms with van der Waals surface area (Å²) in [5.41, 5.74) is 1.24. The van der Waals surface area contributed by atoms with E-state index in [0.29, 0.717) is 32.7 Å². The van der Waals surface area contributed by atoms with Gasteiger partial charge in [-0.3, -0.25) is 19.5 Å². The molecule has 25 heavy (non-hydrogen) atoms. The van der Waals surface area contributed by atoms with Crippen LogP contribution in [0.3, 0.4) is 0 Å². The number of benzene rings is 1. The van der Waals surface area contributed by atoms with Crippen molar-refractivity contribution in [1.29, 1.82) is 0 Å². The summed E-state index contributed by atoms with van der Waals surface area (Å²) < 4.78 is 10.6. The molecular weight excluding hydrogens is 364 g/mol. The molecular formula is C17H11ClN2O4S. The Morgan fingerprint density at radius 3 is 2.80 bits per heavy atom. The molecule has 2 aliphatic heterocycles. The average molecular weight is 375 g/mol. The summed E-state index contributed by atoms with van der Waals surface area (Å²) in [7, 11) is 0. The molecule has 0 spiro atoms. The summed E-state index contributed by atoms with van der Waals surface area (Å²) in [6, 6.07) is 8.68. The molecule has 8 heteroatoms. The first-order chi connectivity index (χ1) is 12.1. The van der Waals surface area contributed by atoms with Gasteiger partial charge in [-0.2, -0.15) is 0 Å². The molecule has 1 aromatic carbocycles. The minimum absolute atomic E-state index is 0.0691. The van der Waals surface area contributed by atoms with Crippen LogP contribution in [0.2, 0.25) is 5.02 Å². The molecule has 0 N–H and O–H groups in total. The van der Waals surface area contributed by atoms with Gasteiger partial charge in [0.05, 0.1) is 17.1 Å². The smallest absolute Gasteiger partial charge is 0.293 e. The minimum atomic E-state index is -0.366. The molecule has 0 radical (unpaired) electrons. The van der Waals surface area contributed by atoms with Crippen LogP contribution in [0.15, 0.2) is 41.4 Å². The van der Waals surface area contributed by atoms with Gasteiger partial charge in [0.25, 0.3) is 11.1 Å². The summed E-state index contributed by atoms with van der Waals surface area (Å²) in [6.45, 7) is 0.198. The molecule has 0 atom stereocenters. The zero-order valence-corrected chi connectivity index (χ0v) is 14.3. The number of nitrogens with zero attached hydrogens (tertiary/aromatic N) is 2. The zero-order chi connectivity index (χ0) is 17.4. The fourth-order valence-corrected chi connectivity index (χ4v) is 3.52. The number of pyridine rings is 1. The molecule has 2 aliphatic rings. The number of hydrogen-bond donors (Lipinski definition) is 0. The van der Waals surface area contributed by atoms with Crippen molar-refractivity contribution in [2.45, 2.75) is 6.54 Å². The number of amides is 2. The van der Waals surface area contributed by atoms with Gasteiger partial charge in [0.2, 0.25) is 6.79 Å². The molecule has 0 bridgehead atoms. The van der Waals surface area contributed by atoms with Crippen LogP contribution in [0.25, 0.3) is 6.08 Å². The van der Waals surface area contributed by atoms with Crippen molar-refractivity contribution in [3.63, 3.8) is 0 Å². The maximum Gasteiger partial charge on any atom is 0.293 e. The quantitative estimate of drug-likeness (QED) is 0.763. The Hall–Kier alpha value is -2.51. The minimum Gasteiger partial charge on any atom is -0.454 e. The molecule has 4 rings (SSSR count). The standard InChI is InChI=1S/C17H11ClN2O4S/c18-12-7-14-13(23-9-24-14)5-10(12)8-20-16(21)15(25-17(20)22)6-11-3-1-2-4-19-11/h1-7H,8-9H2. The first kappa shape index (κ1) is 16.0. The number of thioether (sulfide) groups is 1. The van der Waals surface area contributed by atoms with E-state index >= 15 is 0 Å². The molecule has 1 aromatic heterocycles. The Morgan fingerprint density at radius 1 is 1.24 bits per heavy atom. The van der Waals surface area contributed by atoms with Crippen molar-refractivity contribution in [3.8, 4) is 11.5 Å². The van der Waals surface area contributed by atoms with Crippen molar-refractivity contribution in [2.75, 3.05) is 6.79 Å². The summed E-state index contributed by atoms with van der Waals surface area (Å²) >= 11 is 7.12. The van der Waals surface area contributed by atoms with Gasteiger partial charge in [-0.1, -0.05) is 17.7 Å². The number of halogens is 1. The predicted molar refractivity (Wildman–Crippen MR) is 93.3 cm³/mol. The number of aromatic nitrogens is 1. The third-order valence-electron chi connectivity index (χ3n) is 3.71. The number of carbonyl (C=O) groups excluding carboxylic acids is 2. The van der Waals surface area contributed by atoms with E-state index in [-0.39, 0.29) is 24.5 Å². The average Bonchev–Trinajstić information content (AvgIpc) is 3.15. The molecule has 0 aliphatic carbocycles. The lowest BCUT2D eigenvalue weighted by atomic mass is 10.2. The van der Waals surface area contributed by atoms with E-state index in [1.807, 2.05) is 6.07 Å². The van der Waals surface area contributed by atoms with E-state index in [2.05, 4.69) is 4.98 Å². The Balaban J connectivity index is 1.59. The van der Waals surface area contributed by atoms with Gasteiger partial charge in [-0.05, 0) is 41.6 Å². The van der Waals surface area contributed by atoms with Crippen LogP contribution in [0.4, 0.5) is 4.79 Å². The highest BCUT2D eigenvalue weighted by atomic mass is 35.5. The molecule has 2 amide bonds. The largest absolute Gasteiger partial charge is 0.454 e. The van der Waals surface area contributed by atoms with E-state index in [4.69, 9.17) is 21.1 Å². The van der Waals surface area contributed by atoms with E-state index in [9.17, 15) is 9.59 Å². The number of carbonyl (C=O) groups is 2. The Bertz CT molecular complexity index is 901. The molecule has 6 nitrogen and oxygen atoms in total. The second kappa shape index (κ2) is 6.42. The van der Waals surface area contributed by atoms with Gasteiger partial charge in [-0.25, -0.2) is 0 Å². The van der Waals surface area contributed by atoms with E-state index in [0.717, 1.165) is 16.7 Å². The predicted octanol–water partition coefficient (Wildman–Crippen LogP) is 3.70. The van der Waals surface area contributed by atoms with E-state index in [1.165, 1.54) is 0 Å². The monoisotopic (exact) mass is 374 g/mol. The SMILES string of the molecule is O=C1SC(=Cc2ccccn2)C(=O)N1Cc1cc2c(cc1Cl)OCO2. The van der Waals surface area contributed by atoms with Gasteiger partial charge in [0.15, 0.2) is 11.5 Å². The molecule has 126 valence electrons. The highest BCUT2D eigenvalue weighted by molar-refractivity contribution is 8.18. The van der Waals surface area contributed by atoms with Crippen LogP contribution in [-0.4, -0.2) is 27.8 Å². The van der Waals surface area contributed by atoms with Gasteiger partial charge < -0.3 is 9.47 Å². The van der Waals surface area contributed by atoms with Crippen molar-refractivity contribution < 1.29 is 19.1 Å². The van der Waals surface area contributed by atoms with Crippen molar-refractivity contribution in [2.24, 2.45) is 0 Å². The second-order valence-electron chi connectivity index (χ2n) is 5.32. The van der Waals surface area contributed by atoms with Gasteiger partial charge in [-0.15, -0.1) is 0 Å². The third-order valence-corrected chi connectivity index (χ3v) is 4.97.